The van der Waals surface area contributed by atoms with E-state index < -0.39 is 0 Å². The number of H-pyrrole nitrogens is 1. The normalized spacial score (nSPS) is 28.1. The molecule has 7 nitrogen and oxygen atoms in total. The zero-order valence-corrected chi connectivity index (χ0v) is 16.5. The van der Waals surface area contributed by atoms with Gasteiger partial charge in [0.2, 0.25) is 0 Å². The summed E-state index contributed by atoms with van der Waals surface area (Å²) in [7, 11) is 1.71. The summed E-state index contributed by atoms with van der Waals surface area (Å²) in [4.78, 5) is 14.5. The van der Waals surface area contributed by atoms with Gasteiger partial charge in [-0.15, -0.1) is 0 Å². The lowest BCUT2D eigenvalue weighted by molar-refractivity contribution is 0.115. The molecule has 0 saturated carbocycles. The topological polar surface area (TPSA) is 97.6 Å². The molecule has 1 saturated heterocycles. The lowest BCUT2D eigenvalue weighted by Crippen LogP contribution is -2.32. The third-order valence-corrected chi connectivity index (χ3v) is 6.08. The van der Waals surface area contributed by atoms with Crippen LogP contribution in [0.15, 0.2) is 35.6 Å². The van der Waals surface area contributed by atoms with Crippen molar-refractivity contribution in [1.29, 1.82) is 5.41 Å². The Hall–Kier alpha value is -2.51. The molecule has 2 aromatic rings. The Bertz CT molecular complexity index is 947. The van der Waals surface area contributed by atoms with Crippen molar-refractivity contribution < 1.29 is 9.84 Å². The van der Waals surface area contributed by atoms with Gasteiger partial charge < -0.3 is 19.7 Å². The van der Waals surface area contributed by atoms with Gasteiger partial charge in [0.25, 0.3) is 0 Å². The van der Waals surface area contributed by atoms with Crippen LogP contribution in [0.1, 0.15) is 25.8 Å². The lowest BCUT2D eigenvalue weighted by atomic mass is 9.95. The first-order valence-electron chi connectivity index (χ1n) is 9.75. The molecule has 2 aliphatic rings. The summed E-state index contributed by atoms with van der Waals surface area (Å²) >= 11 is 0. The van der Waals surface area contributed by atoms with E-state index in [-0.39, 0.29) is 30.6 Å². The van der Waals surface area contributed by atoms with E-state index in [4.69, 9.17) is 10.1 Å². The van der Waals surface area contributed by atoms with E-state index in [2.05, 4.69) is 32.9 Å². The van der Waals surface area contributed by atoms with Gasteiger partial charge in [-0.3, -0.25) is 5.41 Å². The molecule has 0 amide bonds. The highest BCUT2D eigenvalue weighted by Crippen LogP contribution is 2.35. The van der Waals surface area contributed by atoms with Crippen molar-refractivity contribution in [2.75, 3.05) is 25.2 Å². The number of methoxy groups -OCH3 is 1. The monoisotopic (exact) mass is 381 g/mol. The van der Waals surface area contributed by atoms with Gasteiger partial charge in [0, 0.05) is 37.5 Å². The molecule has 0 aliphatic carbocycles. The number of nitrogens with one attached hydrogen (secondary N) is 2. The van der Waals surface area contributed by atoms with Crippen LogP contribution >= 0.6 is 0 Å². The molecule has 0 aromatic carbocycles. The summed E-state index contributed by atoms with van der Waals surface area (Å²) in [6.45, 7) is 4.94. The Morgan fingerprint density at radius 3 is 2.96 bits per heavy atom. The van der Waals surface area contributed by atoms with Gasteiger partial charge >= 0.3 is 0 Å². The molecule has 1 fully saturated rings. The van der Waals surface area contributed by atoms with Crippen LogP contribution in [0, 0.1) is 17.2 Å². The number of aliphatic hydroxyl groups excluding tert-OH is 1. The molecule has 28 heavy (non-hydrogen) atoms. The van der Waals surface area contributed by atoms with Crippen molar-refractivity contribution >= 4 is 28.3 Å². The molecule has 4 unspecified atom stereocenters. The standard InChI is InChI=1S/C21H27N5O2/c1-12-4-5-17(25-20(22)13(12)2)16-9-24-21-19(16)18(6-7-23-21)26-10-15(28-3)8-14(26)11-27/h4-7,9,12-15,22,27H,8,10-11H2,1-3H3,(H,23,24). The molecule has 2 aliphatic heterocycles. The van der Waals surface area contributed by atoms with Crippen LogP contribution < -0.4 is 4.90 Å². The minimum absolute atomic E-state index is 0.00302. The molecule has 2 aromatic heterocycles. The first kappa shape index (κ1) is 18.8. The molecule has 7 heteroatoms. The van der Waals surface area contributed by atoms with Crippen molar-refractivity contribution in [1.82, 2.24) is 9.97 Å². The van der Waals surface area contributed by atoms with E-state index in [1.54, 1.807) is 13.3 Å². The number of hydrogen-bond acceptors (Lipinski definition) is 5. The van der Waals surface area contributed by atoms with E-state index in [1.807, 2.05) is 25.3 Å². The first-order chi connectivity index (χ1) is 13.5. The number of aromatic nitrogens is 2. The molecule has 4 atom stereocenters. The van der Waals surface area contributed by atoms with Gasteiger partial charge in [0.05, 0.1) is 35.5 Å². The Morgan fingerprint density at radius 2 is 2.21 bits per heavy atom. The number of fused-ring (bicyclic) bond motifs is 1. The SMILES string of the molecule is COC1CC(CO)N(c2ccnc3[nH]cc(C4=NC(=N)C(C)C(C)C=C4)c23)C1. The van der Waals surface area contributed by atoms with Gasteiger partial charge in [-0.1, -0.05) is 19.9 Å². The number of rotatable bonds is 4. The maximum Gasteiger partial charge on any atom is 0.140 e. The van der Waals surface area contributed by atoms with E-state index in [1.165, 1.54) is 0 Å². The number of nitrogens with zero attached hydrogens (tertiary/aromatic N) is 3. The average Bonchev–Trinajstić information content (AvgIpc) is 3.30. The highest BCUT2D eigenvalue weighted by atomic mass is 16.5. The molecule has 4 heterocycles. The van der Waals surface area contributed by atoms with Crippen molar-refractivity contribution in [3.8, 4) is 0 Å². The molecule has 148 valence electrons. The quantitative estimate of drug-likeness (QED) is 0.758. The fraction of sp³-hybridized carbons (Fsp3) is 0.476. The number of aromatic amines is 1. The van der Waals surface area contributed by atoms with Gasteiger partial charge in [-0.2, -0.15) is 0 Å². The highest BCUT2D eigenvalue weighted by Gasteiger charge is 2.33. The molecule has 0 bridgehead atoms. The number of hydrogen-bond donors (Lipinski definition) is 3. The van der Waals surface area contributed by atoms with Crippen LogP contribution in [-0.4, -0.2) is 59.0 Å². The van der Waals surface area contributed by atoms with Crippen molar-refractivity contribution in [2.24, 2.45) is 16.8 Å². The molecule has 4 rings (SSSR count). The van der Waals surface area contributed by atoms with Crippen LogP contribution in [0.25, 0.3) is 11.0 Å². The highest BCUT2D eigenvalue weighted by molar-refractivity contribution is 6.21. The summed E-state index contributed by atoms with van der Waals surface area (Å²) in [6, 6.07) is 1.99. The van der Waals surface area contributed by atoms with Crippen molar-refractivity contribution in [3.05, 3.63) is 36.2 Å². The summed E-state index contributed by atoms with van der Waals surface area (Å²) in [5.74, 6) is 0.730. The second-order valence-corrected chi connectivity index (χ2v) is 7.73. The molecular formula is C21H27N5O2. The zero-order chi connectivity index (χ0) is 19.8. The third kappa shape index (κ3) is 3.14. The number of amidine groups is 1. The predicted molar refractivity (Wildman–Crippen MR) is 111 cm³/mol. The fourth-order valence-electron chi connectivity index (χ4n) is 4.07. The van der Waals surface area contributed by atoms with Crippen LogP contribution in [-0.2, 0) is 4.74 Å². The van der Waals surface area contributed by atoms with Crippen molar-refractivity contribution in [3.63, 3.8) is 0 Å². The maximum absolute atomic E-state index is 9.90. The molecule has 0 spiro atoms. The van der Waals surface area contributed by atoms with Crippen LogP contribution in [0.4, 0.5) is 5.69 Å². The average molecular weight is 381 g/mol. The second kappa shape index (κ2) is 7.48. The predicted octanol–water partition coefficient (Wildman–Crippen LogP) is 2.76. The van der Waals surface area contributed by atoms with Gasteiger partial charge in [-0.05, 0) is 24.5 Å². The third-order valence-electron chi connectivity index (χ3n) is 6.08. The summed E-state index contributed by atoms with van der Waals surface area (Å²) in [6.07, 6.45) is 8.70. The summed E-state index contributed by atoms with van der Waals surface area (Å²) in [5, 5.41) is 19.2. The number of pyridine rings is 1. The minimum atomic E-state index is 0.00302. The van der Waals surface area contributed by atoms with E-state index >= 15 is 0 Å². The maximum atomic E-state index is 9.90. The summed E-state index contributed by atoms with van der Waals surface area (Å²) in [5.41, 5.74) is 3.48. The van der Waals surface area contributed by atoms with Crippen molar-refractivity contribution in [2.45, 2.75) is 32.4 Å². The Balaban J connectivity index is 1.83. The number of anilines is 1. The van der Waals surface area contributed by atoms with E-state index in [0.29, 0.717) is 5.84 Å². The second-order valence-electron chi connectivity index (χ2n) is 7.73. The molecule has 0 radical (unpaired) electrons. The Labute approximate surface area is 164 Å². The molecule has 3 N–H and O–H groups in total. The largest absolute Gasteiger partial charge is 0.394 e. The minimum Gasteiger partial charge on any atom is -0.394 e. The number of aliphatic hydroxyl groups is 1. The van der Waals surface area contributed by atoms with Gasteiger partial charge in [0.15, 0.2) is 0 Å². The molecular weight excluding hydrogens is 354 g/mol. The number of aliphatic imine (C=N–C) groups is 1. The zero-order valence-electron chi connectivity index (χ0n) is 16.5. The van der Waals surface area contributed by atoms with Crippen LogP contribution in [0.5, 0.6) is 0 Å². The first-order valence-corrected chi connectivity index (χ1v) is 9.75. The van der Waals surface area contributed by atoms with E-state index in [0.717, 1.165) is 41.0 Å². The summed E-state index contributed by atoms with van der Waals surface area (Å²) < 4.78 is 5.55. The van der Waals surface area contributed by atoms with Gasteiger partial charge in [-0.25, -0.2) is 9.98 Å². The number of allylic oxidation sites excluding steroid dienone is 2. The van der Waals surface area contributed by atoms with E-state index in [9.17, 15) is 5.11 Å². The fourth-order valence-corrected chi connectivity index (χ4v) is 4.07. The smallest absolute Gasteiger partial charge is 0.140 e. The van der Waals surface area contributed by atoms with Gasteiger partial charge in [0.1, 0.15) is 11.5 Å². The lowest BCUT2D eigenvalue weighted by Gasteiger charge is -2.26. The van der Waals surface area contributed by atoms with Crippen LogP contribution in [0.2, 0.25) is 0 Å². The number of ether oxygens (including phenoxy) is 1. The Kier molecular flexibility index (Phi) is 5.03. The Morgan fingerprint density at radius 1 is 1.39 bits per heavy atom. The van der Waals surface area contributed by atoms with Crippen LogP contribution in [0.3, 0.4) is 0 Å².